The molecule has 1 heterocycles. The second kappa shape index (κ2) is 7.19. The molecule has 1 aliphatic heterocycles. The maximum atomic E-state index is 12.3. The Kier molecular flexibility index (Phi) is 5.00. The Morgan fingerprint density at radius 3 is 1.84 bits per heavy atom. The van der Waals surface area contributed by atoms with Crippen LogP contribution in [-0.2, 0) is 4.79 Å². The summed E-state index contributed by atoms with van der Waals surface area (Å²) in [5.41, 5.74) is 4.41. The first kappa shape index (κ1) is 17.4. The standard InChI is InChI=1S/C21H22N2OS/c1-22(2)17-9-5-15(6-10-17)13-21-19(24)14-20(25-21)16-7-11-18(12-8-16)23(3)4/h5-14H,1-4H3/b21-13-. The monoisotopic (exact) mass is 350 g/mol. The zero-order valence-corrected chi connectivity index (χ0v) is 15.8. The van der Waals surface area contributed by atoms with E-state index in [0.29, 0.717) is 0 Å². The summed E-state index contributed by atoms with van der Waals surface area (Å²) in [5.74, 6) is 0.0772. The number of hydrogen-bond acceptors (Lipinski definition) is 4. The third-order valence-corrected chi connectivity index (χ3v) is 5.21. The smallest absolute Gasteiger partial charge is 0.193 e. The van der Waals surface area contributed by atoms with Crippen molar-refractivity contribution in [2.45, 2.75) is 0 Å². The van der Waals surface area contributed by atoms with E-state index in [1.54, 1.807) is 17.8 Å². The first-order valence-corrected chi connectivity index (χ1v) is 8.96. The van der Waals surface area contributed by atoms with Gasteiger partial charge < -0.3 is 9.80 Å². The summed E-state index contributed by atoms with van der Waals surface area (Å²) in [4.78, 5) is 18.2. The molecular weight excluding hydrogens is 328 g/mol. The van der Waals surface area contributed by atoms with E-state index in [9.17, 15) is 4.79 Å². The highest BCUT2D eigenvalue weighted by molar-refractivity contribution is 8.13. The fourth-order valence-corrected chi connectivity index (χ4v) is 3.59. The summed E-state index contributed by atoms with van der Waals surface area (Å²) in [6.45, 7) is 0. The van der Waals surface area contributed by atoms with Crippen LogP contribution in [0.15, 0.2) is 59.5 Å². The number of anilines is 2. The predicted octanol–water partition coefficient (Wildman–Crippen LogP) is 4.52. The van der Waals surface area contributed by atoms with Crippen molar-refractivity contribution in [3.63, 3.8) is 0 Å². The maximum absolute atomic E-state index is 12.3. The fraction of sp³-hybridized carbons (Fsp3) is 0.190. The Bertz CT molecular complexity index is 831. The van der Waals surface area contributed by atoms with Gasteiger partial charge in [0.15, 0.2) is 5.78 Å². The zero-order valence-electron chi connectivity index (χ0n) is 15.0. The molecule has 0 aliphatic carbocycles. The minimum absolute atomic E-state index is 0.0772. The molecule has 2 aromatic carbocycles. The van der Waals surface area contributed by atoms with E-state index in [4.69, 9.17) is 0 Å². The average Bonchev–Trinajstić information content (AvgIpc) is 2.96. The SMILES string of the molecule is CN(C)c1ccc(/C=C2\SC(c3ccc(N(C)C)cc3)=CC2=O)cc1. The molecule has 0 spiro atoms. The number of thioether (sulfide) groups is 1. The summed E-state index contributed by atoms with van der Waals surface area (Å²) in [6, 6.07) is 16.5. The van der Waals surface area contributed by atoms with Gasteiger partial charge in [-0.25, -0.2) is 0 Å². The van der Waals surface area contributed by atoms with Crippen molar-refractivity contribution in [1.29, 1.82) is 0 Å². The van der Waals surface area contributed by atoms with Crippen LogP contribution in [0.5, 0.6) is 0 Å². The Morgan fingerprint density at radius 1 is 0.800 bits per heavy atom. The second-order valence-electron chi connectivity index (χ2n) is 6.41. The lowest BCUT2D eigenvalue weighted by Gasteiger charge is -2.12. The van der Waals surface area contributed by atoms with Gasteiger partial charge in [-0.3, -0.25) is 4.79 Å². The Morgan fingerprint density at radius 2 is 1.32 bits per heavy atom. The largest absolute Gasteiger partial charge is 0.378 e. The molecule has 0 unspecified atom stereocenters. The van der Waals surface area contributed by atoms with Crippen molar-refractivity contribution in [2.75, 3.05) is 38.0 Å². The van der Waals surface area contributed by atoms with E-state index in [2.05, 4.69) is 46.2 Å². The molecule has 0 fully saturated rings. The van der Waals surface area contributed by atoms with Crippen molar-refractivity contribution in [3.8, 4) is 0 Å². The van der Waals surface area contributed by atoms with E-state index in [-0.39, 0.29) is 5.78 Å². The van der Waals surface area contributed by atoms with E-state index in [1.165, 1.54) is 0 Å². The van der Waals surface area contributed by atoms with Gasteiger partial charge in [-0.2, -0.15) is 0 Å². The van der Waals surface area contributed by atoms with Gasteiger partial charge in [0.2, 0.25) is 0 Å². The molecule has 128 valence electrons. The van der Waals surface area contributed by atoms with Crippen molar-refractivity contribution in [2.24, 2.45) is 0 Å². The number of benzene rings is 2. The number of carbonyl (C=O) groups is 1. The molecular formula is C21H22N2OS. The molecule has 0 bridgehead atoms. The van der Waals surface area contributed by atoms with Gasteiger partial charge in [0.05, 0.1) is 4.91 Å². The lowest BCUT2D eigenvalue weighted by atomic mass is 10.1. The molecule has 0 N–H and O–H groups in total. The number of rotatable bonds is 4. The van der Waals surface area contributed by atoms with Gasteiger partial charge in [0.1, 0.15) is 0 Å². The highest BCUT2D eigenvalue weighted by Gasteiger charge is 2.20. The molecule has 0 saturated carbocycles. The molecule has 0 amide bonds. The lowest BCUT2D eigenvalue weighted by Crippen LogP contribution is -2.07. The molecule has 25 heavy (non-hydrogen) atoms. The first-order valence-electron chi connectivity index (χ1n) is 8.15. The van der Waals surface area contributed by atoms with Gasteiger partial charge in [-0.05, 0) is 41.5 Å². The summed E-state index contributed by atoms with van der Waals surface area (Å²) >= 11 is 1.54. The number of nitrogens with zero attached hydrogens (tertiary/aromatic N) is 2. The molecule has 3 nitrogen and oxygen atoms in total. The normalized spacial score (nSPS) is 15.4. The van der Waals surface area contributed by atoms with Crippen LogP contribution in [0, 0.1) is 0 Å². The van der Waals surface area contributed by atoms with Crippen LogP contribution in [-0.4, -0.2) is 34.0 Å². The van der Waals surface area contributed by atoms with Crippen LogP contribution < -0.4 is 9.80 Å². The number of allylic oxidation sites excluding steroid dienone is 2. The van der Waals surface area contributed by atoms with Gasteiger partial charge in [0, 0.05) is 50.5 Å². The van der Waals surface area contributed by atoms with Crippen LogP contribution >= 0.6 is 11.8 Å². The lowest BCUT2D eigenvalue weighted by molar-refractivity contribution is -0.110. The van der Waals surface area contributed by atoms with Crippen LogP contribution in [0.25, 0.3) is 11.0 Å². The maximum Gasteiger partial charge on any atom is 0.193 e. The molecule has 3 rings (SSSR count). The molecule has 0 aromatic heterocycles. The Hall–Kier alpha value is -2.46. The molecule has 0 atom stereocenters. The summed E-state index contributed by atoms with van der Waals surface area (Å²) in [7, 11) is 8.07. The molecule has 0 saturated heterocycles. The van der Waals surface area contributed by atoms with Crippen LogP contribution in [0.3, 0.4) is 0 Å². The van der Waals surface area contributed by atoms with E-state index in [1.807, 2.05) is 46.4 Å². The molecule has 1 aliphatic rings. The van der Waals surface area contributed by atoms with Crippen molar-refractivity contribution in [3.05, 3.63) is 70.6 Å². The fourth-order valence-electron chi connectivity index (χ4n) is 2.58. The minimum atomic E-state index is 0.0772. The highest BCUT2D eigenvalue weighted by atomic mass is 32.2. The highest BCUT2D eigenvalue weighted by Crippen LogP contribution is 2.41. The predicted molar refractivity (Wildman–Crippen MR) is 110 cm³/mol. The topological polar surface area (TPSA) is 23.6 Å². The Balaban J connectivity index is 1.77. The summed E-state index contributed by atoms with van der Waals surface area (Å²) in [6.07, 6.45) is 3.69. The van der Waals surface area contributed by atoms with Crippen molar-refractivity contribution in [1.82, 2.24) is 0 Å². The zero-order chi connectivity index (χ0) is 18.0. The number of ketones is 1. The van der Waals surface area contributed by atoms with Crippen LogP contribution in [0.2, 0.25) is 0 Å². The molecule has 4 heteroatoms. The van der Waals surface area contributed by atoms with Gasteiger partial charge in [0.25, 0.3) is 0 Å². The first-order chi connectivity index (χ1) is 11.9. The third kappa shape index (κ3) is 3.97. The van der Waals surface area contributed by atoms with Crippen molar-refractivity contribution >= 4 is 39.9 Å². The van der Waals surface area contributed by atoms with E-state index >= 15 is 0 Å². The van der Waals surface area contributed by atoms with Crippen molar-refractivity contribution < 1.29 is 4.79 Å². The van der Waals surface area contributed by atoms with Crippen LogP contribution in [0.1, 0.15) is 11.1 Å². The van der Waals surface area contributed by atoms with E-state index in [0.717, 1.165) is 32.3 Å². The quantitative estimate of drug-likeness (QED) is 0.757. The van der Waals surface area contributed by atoms with Gasteiger partial charge >= 0.3 is 0 Å². The van der Waals surface area contributed by atoms with Crippen LogP contribution in [0.4, 0.5) is 11.4 Å². The average molecular weight is 350 g/mol. The summed E-state index contributed by atoms with van der Waals surface area (Å²) < 4.78 is 0. The molecule has 0 radical (unpaired) electrons. The number of carbonyl (C=O) groups excluding carboxylic acids is 1. The van der Waals surface area contributed by atoms with E-state index < -0.39 is 0 Å². The third-order valence-electron chi connectivity index (χ3n) is 4.10. The summed E-state index contributed by atoms with van der Waals surface area (Å²) in [5, 5.41) is 0. The second-order valence-corrected chi connectivity index (χ2v) is 7.49. The Labute approximate surface area is 153 Å². The van der Waals surface area contributed by atoms with Gasteiger partial charge in [-0.15, -0.1) is 0 Å². The molecule has 2 aromatic rings. The van der Waals surface area contributed by atoms with Gasteiger partial charge in [-0.1, -0.05) is 36.0 Å². The minimum Gasteiger partial charge on any atom is -0.378 e. The number of hydrogen-bond donors (Lipinski definition) is 0.